The molecule has 1 N–H and O–H groups in total. The third-order valence-electron chi connectivity index (χ3n) is 4.54. The van der Waals surface area contributed by atoms with Crippen molar-refractivity contribution in [2.75, 3.05) is 6.61 Å². The summed E-state index contributed by atoms with van der Waals surface area (Å²) in [6.45, 7) is 0.205. The van der Waals surface area contributed by atoms with Crippen LogP contribution in [-0.2, 0) is 14.5 Å². The van der Waals surface area contributed by atoms with Crippen molar-refractivity contribution in [1.29, 1.82) is 0 Å². The van der Waals surface area contributed by atoms with Gasteiger partial charge in [-0.2, -0.15) is 0 Å². The maximum atomic E-state index is 10.7. The summed E-state index contributed by atoms with van der Waals surface area (Å²) in [6.07, 6.45) is 4.74. The second-order valence-corrected chi connectivity index (χ2v) is 6.90. The van der Waals surface area contributed by atoms with E-state index in [4.69, 9.17) is 9.42 Å². The number of rotatable bonds is 8. The Hall–Kier alpha value is -2.58. The van der Waals surface area contributed by atoms with Crippen molar-refractivity contribution in [2.24, 2.45) is 0 Å². The summed E-state index contributed by atoms with van der Waals surface area (Å²) in [6, 6.07) is 31.1. The third kappa shape index (κ3) is 4.58. The molecule has 0 aromatic heterocycles. The smallest absolute Gasteiger partial charge is 0.133 e. The molecule has 0 spiro atoms. The lowest BCUT2D eigenvalue weighted by Gasteiger charge is -2.33. The van der Waals surface area contributed by atoms with Crippen molar-refractivity contribution in [3.63, 3.8) is 0 Å². The van der Waals surface area contributed by atoms with E-state index in [2.05, 4.69) is 42.5 Å². The zero-order valence-corrected chi connectivity index (χ0v) is 15.8. The molecule has 4 heteroatoms. The predicted molar refractivity (Wildman–Crippen MR) is 109 cm³/mol. The van der Waals surface area contributed by atoms with Crippen molar-refractivity contribution in [1.82, 2.24) is 0 Å². The average molecular weight is 377 g/mol. The van der Waals surface area contributed by atoms with Crippen LogP contribution in [0.4, 0.5) is 0 Å². The van der Waals surface area contributed by atoms with E-state index in [0.29, 0.717) is 6.42 Å². The molecule has 27 heavy (non-hydrogen) atoms. The highest BCUT2D eigenvalue weighted by Crippen LogP contribution is 2.40. The molecule has 3 aromatic carbocycles. The molecule has 0 radical (unpaired) electrons. The van der Waals surface area contributed by atoms with Crippen LogP contribution in [0.15, 0.2) is 103 Å². The van der Waals surface area contributed by atoms with Crippen LogP contribution >= 0.6 is 8.25 Å². The van der Waals surface area contributed by atoms with E-state index in [9.17, 15) is 4.57 Å². The van der Waals surface area contributed by atoms with Gasteiger partial charge in [0.25, 0.3) is 0 Å². The van der Waals surface area contributed by atoms with Crippen LogP contribution in [0.1, 0.15) is 23.1 Å². The molecular weight excluding hydrogens is 355 g/mol. The fourth-order valence-electron chi connectivity index (χ4n) is 3.35. The second kappa shape index (κ2) is 9.38. The summed E-state index contributed by atoms with van der Waals surface area (Å²) in [4.78, 5) is 8.81. The molecule has 0 saturated heterocycles. The molecule has 136 valence electrons. The Kier molecular flexibility index (Phi) is 6.67. The summed E-state index contributed by atoms with van der Waals surface area (Å²) in [5.41, 5.74) is 3.03. The lowest BCUT2D eigenvalue weighted by atomic mass is 9.69. The molecule has 0 aliphatic carbocycles. The van der Waals surface area contributed by atoms with Gasteiger partial charge >= 0.3 is 8.25 Å². The zero-order chi connectivity index (χ0) is 19.0. The Morgan fingerprint density at radius 3 is 1.56 bits per heavy atom. The maximum Gasteiger partial charge on any atom is 0.694 e. The number of benzene rings is 3. The second-order valence-electron chi connectivity index (χ2n) is 6.17. The molecule has 0 bridgehead atoms. The van der Waals surface area contributed by atoms with Crippen molar-refractivity contribution < 1.29 is 14.0 Å². The van der Waals surface area contributed by atoms with Crippen LogP contribution in [0.5, 0.6) is 0 Å². The molecule has 0 saturated carbocycles. The van der Waals surface area contributed by atoms with Crippen LogP contribution in [0.25, 0.3) is 0 Å². The lowest BCUT2D eigenvalue weighted by Crippen LogP contribution is -2.27. The summed E-state index contributed by atoms with van der Waals surface area (Å²) in [5, 5.41) is 0. The van der Waals surface area contributed by atoms with Gasteiger partial charge in [0.05, 0.1) is 5.41 Å². The Balaban J connectivity index is 2.11. The molecule has 0 heterocycles. The highest BCUT2D eigenvalue weighted by atomic mass is 31.1. The van der Waals surface area contributed by atoms with Crippen molar-refractivity contribution >= 4 is 8.25 Å². The number of hydrogen-bond acceptors (Lipinski definition) is 2. The Morgan fingerprint density at radius 1 is 0.778 bits per heavy atom. The van der Waals surface area contributed by atoms with Gasteiger partial charge in [-0.05, 0) is 23.1 Å². The Morgan fingerprint density at radius 2 is 1.19 bits per heavy atom. The average Bonchev–Trinajstić information content (AvgIpc) is 2.73. The summed E-state index contributed by atoms with van der Waals surface area (Å²) < 4.78 is 15.5. The van der Waals surface area contributed by atoms with Crippen LogP contribution in [-0.4, -0.2) is 11.5 Å². The van der Waals surface area contributed by atoms with E-state index < -0.39 is 13.7 Å². The van der Waals surface area contributed by atoms with Gasteiger partial charge in [-0.15, -0.1) is 9.42 Å². The Bertz CT molecular complexity index is 781. The molecule has 0 amide bonds. The van der Waals surface area contributed by atoms with E-state index in [1.165, 1.54) is 0 Å². The van der Waals surface area contributed by atoms with Gasteiger partial charge in [-0.25, -0.2) is 0 Å². The lowest BCUT2D eigenvalue weighted by molar-refractivity contribution is 0.287. The van der Waals surface area contributed by atoms with Crippen LogP contribution in [0.3, 0.4) is 0 Å². The van der Waals surface area contributed by atoms with Crippen molar-refractivity contribution in [2.45, 2.75) is 11.8 Å². The quantitative estimate of drug-likeness (QED) is 0.239. The Labute approximate surface area is 160 Å². The normalized spacial score (nSPS) is 12.3. The van der Waals surface area contributed by atoms with Crippen molar-refractivity contribution in [3.05, 3.63) is 120 Å². The highest BCUT2D eigenvalue weighted by Gasteiger charge is 2.33. The SMILES string of the molecule is O=[P+](O)OCCC=CC(c1ccccc1)(c1ccccc1)c1ccccc1. The molecule has 1 unspecified atom stereocenters. The van der Waals surface area contributed by atoms with Gasteiger partial charge in [0, 0.05) is 4.57 Å². The molecule has 0 aliphatic rings. The highest BCUT2D eigenvalue weighted by molar-refractivity contribution is 7.32. The van der Waals surface area contributed by atoms with Crippen LogP contribution in [0, 0.1) is 0 Å². The fourth-order valence-corrected chi connectivity index (χ4v) is 3.61. The topological polar surface area (TPSA) is 46.5 Å². The molecular formula is C23H22O3P+. The maximum absolute atomic E-state index is 10.7. The largest absolute Gasteiger partial charge is 0.694 e. The molecule has 3 nitrogen and oxygen atoms in total. The molecule has 0 fully saturated rings. The first-order valence-electron chi connectivity index (χ1n) is 8.87. The van der Waals surface area contributed by atoms with Gasteiger partial charge in [0.1, 0.15) is 6.61 Å². The first kappa shape index (κ1) is 19.2. The predicted octanol–water partition coefficient (Wildman–Crippen LogP) is 5.63. The molecule has 0 aliphatic heterocycles. The van der Waals surface area contributed by atoms with E-state index in [1.807, 2.05) is 60.7 Å². The monoisotopic (exact) mass is 377 g/mol. The standard InChI is InChI=1S/C23H21O3P/c24-27(25)26-19-11-10-18-23(20-12-4-1-5-13-20,21-14-6-2-7-15-21)22-16-8-3-9-17-22/h1-10,12-18H,11,19H2/p+1. The summed E-state index contributed by atoms with van der Waals surface area (Å²) in [7, 11) is -2.56. The third-order valence-corrected chi connectivity index (χ3v) is 4.94. The summed E-state index contributed by atoms with van der Waals surface area (Å²) >= 11 is 0. The minimum Gasteiger partial charge on any atom is -0.133 e. The zero-order valence-electron chi connectivity index (χ0n) is 14.9. The first-order valence-corrected chi connectivity index (χ1v) is 10.00. The van der Waals surface area contributed by atoms with E-state index >= 15 is 0 Å². The fraction of sp³-hybridized carbons (Fsp3) is 0.130. The first-order chi connectivity index (χ1) is 13.2. The van der Waals surface area contributed by atoms with Crippen molar-refractivity contribution in [3.8, 4) is 0 Å². The van der Waals surface area contributed by atoms with Gasteiger partial charge in [0.15, 0.2) is 0 Å². The minimum atomic E-state index is -2.56. The van der Waals surface area contributed by atoms with E-state index in [1.54, 1.807) is 0 Å². The molecule has 3 rings (SSSR count). The van der Waals surface area contributed by atoms with Crippen LogP contribution < -0.4 is 0 Å². The van der Waals surface area contributed by atoms with Crippen LogP contribution in [0.2, 0.25) is 0 Å². The molecule has 1 atom stereocenters. The number of allylic oxidation sites excluding steroid dienone is 1. The van der Waals surface area contributed by atoms with Gasteiger partial charge in [0.2, 0.25) is 0 Å². The van der Waals surface area contributed by atoms with Gasteiger partial charge in [-0.1, -0.05) is 103 Å². The minimum absolute atomic E-state index is 0.205. The summed E-state index contributed by atoms with van der Waals surface area (Å²) in [5.74, 6) is 0. The molecule has 3 aromatic rings. The van der Waals surface area contributed by atoms with E-state index in [0.717, 1.165) is 16.7 Å². The van der Waals surface area contributed by atoms with Gasteiger partial charge < -0.3 is 0 Å². The van der Waals surface area contributed by atoms with E-state index in [-0.39, 0.29) is 6.61 Å². The van der Waals surface area contributed by atoms with Gasteiger partial charge in [-0.3, -0.25) is 0 Å². The number of hydrogen-bond donors (Lipinski definition) is 1.